The zero-order valence-corrected chi connectivity index (χ0v) is 34.9. The SMILES string of the molecule is CC(C)C1=C2C([C@@H](O)CNCc3cccc(C(F)(F)F)c3)(CC[C@]3(C)[C@]2(N)CC[C@@H]2[C@@]4(C)CC[C@H](OC(=O)CC(C)(C)C(=O)O)C(C)(C)[C@@H]4CC[C@]23C)CC1=O. The second-order valence-electron chi connectivity index (χ2n) is 20.7. The maximum absolute atomic E-state index is 14.1. The Morgan fingerprint density at radius 1 is 0.982 bits per heavy atom. The number of rotatable bonds is 10. The van der Waals surface area contributed by atoms with Gasteiger partial charge in [0.25, 0.3) is 0 Å². The van der Waals surface area contributed by atoms with Crippen molar-refractivity contribution in [2.24, 2.45) is 56.0 Å². The van der Waals surface area contributed by atoms with Crippen molar-refractivity contribution in [3.05, 3.63) is 46.5 Å². The van der Waals surface area contributed by atoms with Gasteiger partial charge in [-0.05, 0) is 122 Å². The van der Waals surface area contributed by atoms with Crippen molar-refractivity contribution < 1.29 is 42.5 Å². The number of benzene rings is 1. The zero-order valence-electron chi connectivity index (χ0n) is 34.9. The first kappa shape index (κ1) is 42.8. The van der Waals surface area contributed by atoms with Crippen molar-refractivity contribution in [3.8, 4) is 0 Å². The van der Waals surface area contributed by atoms with Gasteiger partial charge in [-0.3, -0.25) is 14.4 Å². The predicted molar refractivity (Wildman–Crippen MR) is 208 cm³/mol. The number of hydrogen-bond acceptors (Lipinski definition) is 7. The zero-order chi connectivity index (χ0) is 41.7. The molecule has 1 aromatic carbocycles. The van der Waals surface area contributed by atoms with E-state index in [0.29, 0.717) is 30.7 Å². The molecule has 0 aliphatic heterocycles. The number of ketones is 1. The lowest BCUT2D eigenvalue weighted by molar-refractivity contribution is -0.238. The number of aliphatic hydroxyl groups excluding tert-OH is 1. The Morgan fingerprint density at radius 2 is 1.64 bits per heavy atom. The molecule has 0 radical (unpaired) electrons. The van der Waals surface area contributed by atoms with E-state index in [1.807, 2.05) is 13.8 Å². The third-order valence-corrected chi connectivity index (χ3v) is 16.7. The van der Waals surface area contributed by atoms with Crippen molar-refractivity contribution in [1.29, 1.82) is 0 Å². The molecule has 4 fully saturated rings. The van der Waals surface area contributed by atoms with Crippen LogP contribution in [-0.2, 0) is 31.8 Å². The summed E-state index contributed by atoms with van der Waals surface area (Å²) in [5.41, 5.74) is 5.39. The number of alkyl halides is 3. The predicted octanol–water partition coefficient (Wildman–Crippen LogP) is 8.63. The number of halogens is 3. The van der Waals surface area contributed by atoms with Crippen LogP contribution in [0.15, 0.2) is 35.4 Å². The summed E-state index contributed by atoms with van der Waals surface area (Å²) in [6.45, 7) is 19.0. The molecule has 0 amide bonds. The highest BCUT2D eigenvalue weighted by Gasteiger charge is 2.74. The minimum atomic E-state index is -4.45. The third-order valence-electron chi connectivity index (χ3n) is 16.7. The first-order valence-electron chi connectivity index (χ1n) is 20.8. The Balaban J connectivity index is 1.28. The van der Waals surface area contributed by atoms with Crippen LogP contribution in [0.25, 0.3) is 0 Å². The molecule has 8 nitrogen and oxygen atoms in total. The van der Waals surface area contributed by atoms with E-state index in [9.17, 15) is 37.8 Å². The molecule has 0 aromatic heterocycles. The van der Waals surface area contributed by atoms with Crippen molar-refractivity contribution in [2.45, 2.75) is 157 Å². The number of fused-ring (bicyclic) bond motifs is 7. The first-order chi connectivity index (χ1) is 25.7. The molecule has 0 bridgehead atoms. The number of carboxylic acids is 1. The number of aliphatic carboxylic acids is 1. The molecular formula is C45H65F3N2O6. The van der Waals surface area contributed by atoms with Crippen molar-refractivity contribution in [3.63, 3.8) is 0 Å². The van der Waals surface area contributed by atoms with E-state index >= 15 is 0 Å². The Kier molecular flexibility index (Phi) is 10.7. The van der Waals surface area contributed by atoms with Crippen LogP contribution in [0.4, 0.5) is 13.2 Å². The summed E-state index contributed by atoms with van der Waals surface area (Å²) in [4.78, 5) is 39.0. The number of aliphatic hydroxyl groups is 1. The number of Topliss-reactive ketones (excluding diaryl/α,β-unsaturated/α-hetero) is 1. The molecular weight excluding hydrogens is 721 g/mol. The largest absolute Gasteiger partial charge is 0.481 e. The first-order valence-corrected chi connectivity index (χ1v) is 20.8. The highest BCUT2D eigenvalue weighted by atomic mass is 19.4. The highest BCUT2D eigenvalue weighted by Crippen LogP contribution is 2.77. The Bertz CT molecular complexity index is 1790. The fraction of sp³-hybridized carbons (Fsp3) is 0.756. The molecule has 1 unspecified atom stereocenters. The maximum atomic E-state index is 14.1. The van der Waals surface area contributed by atoms with Gasteiger partial charge in [-0.25, -0.2) is 0 Å². The Hall–Kier alpha value is -2.76. The molecule has 11 heteroatoms. The van der Waals surface area contributed by atoms with Gasteiger partial charge in [0.05, 0.1) is 23.5 Å². The van der Waals surface area contributed by atoms with Gasteiger partial charge < -0.3 is 26.0 Å². The smallest absolute Gasteiger partial charge is 0.416 e. The van der Waals surface area contributed by atoms with Gasteiger partial charge in [0.2, 0.25) is 0 Å². The van der Waals surface area contributed by atoms with Gasteiger partial charge in [0.15, 0.2) is 5.78 Å². The second kappa shape index (κ2) is 13.9. The van der Waals surface area contributed by atoms with E-state index in [-0.39, 0.29) is 65.9 Å². The number of carbonyl (C=O) groups excluding carboxylic acids is 2. The molecule has 312 valence electrons. The number of carbonyl (C=O) groups is 3. The van der Waals surface area contributed by atoms with Crippen LogP contribution in [0.1, 0.15) is 138 Å². The van der Waals surface area contributed by atoms with Crippen LogP contribution in [0, 0.1) is 50.2 Å². The number of nitrogens with two attached hydrogens (primary N) is 1. The second-order valence-corrected chi connectivity index (χ2v) is 20.7. The minimum Gasteiger partial charge on any atom is -0.481 e. The summed E-state index contributed by atoms with van der Waals surface area (Å²) in [6, 6.07) is 5.19. The molecule has 5 aliphatic carbocycles. The summed E-state index contributed by atoms with van der Waals surface area (Å²) in [5.74, 6) is -0.999. The summed E-state index contributed by atoms with van der Waals surface area (Å²) >= 11 is 0. The number of ether oxygens (including phenoxy) is 1. The number of hydrogen-bond donors (Lipinski definition) is 4. The average Bonchev–Trinajstić information content (AvgIpc) is 3.41. The van der Waals surface area contributed by atoms with Gasteiger partial charge in [-0.1, -0.05) is 66.7 Å². The number of carboxylic acid groups (broad SMARTS) is 1. The van der Waals surface area contributed by atoms with Gasteiger partial charge in [0.1, 0.15) is 6.10 Å². The fourth-order valence-electron chi connectivity index (χ4n) is 13.5. The summed E-state index contributed by atoms with van der Waals surface area (Å²) < 4.78 is 46.3. The molecule has 0 spiro atoms. The normalized spacial score (nSPS) is 37.3. The van der Waals surface area contributed by atoms with Crippen LogP contribution < -0.4 is 11.1 Å². The van der Waals surface area contributed by atoms with Gasteiger partial charge >= 0.3 is 18.1 Å². The molecule has 56 heavy (non-hydrogen) atoms. The topological polar surface area (TPSA) is 139 Å². The van der Waals surface area contributed by atoms with Crippen LogP contribution >= 0.6 is 0 Å². The van der Waals surface area contributed by atoms with E-state index in [1.165, 1.54) is 6.07 Å². The third kappa shape index (κ3) is 6.39. The van der Waals surface area contributed by atoms with Gasteiger partial charge in [-0.15, -0.1) is 0 Å². The quantitative estimate of drug-likeness (QED) is 0.173. The van der Waals surface area contributed by atoms with E-state index in [2.05, 4.69) is 39.9 Å². The van der Waals surface area contributed by atoms with Crippen LogP contribution in [0.2, 0.25) is 0 Å². The van der Waals surface area contributed by atoms with Crippen LogP contribution in [-0.4, -0.2) is 52.2 Å². The molecule has 1 aromatic rings. The fourth-order valence-corrected chi connectivity index (χ4v) is 13.5. The van der Waals surface area contributed by atoms with E-state index in [1.54, 1.807) is 19.9 Å². The summed E-state index contributed by atoms with van der Waals surface area (Å²) in [7, 11) is 0. The summed E-state index contributed by atoms with van der Waals surface area (Å²) in [5, 5.41) is 25.0. The Labute approximate surface area is 331 Å². The number of allylic oxidation sites excluding steroid dienone is 1. The van der Waals surface area contributed by atoms with E-state index in [0.717, 1.165) is 55.4 Å². The molecule has 9 atom stereocenters. The van der Waals surface area contributed by atoms with Crippen molar-refractivity contribution in [2.75, 3.05) is 6.54 Å². The molecule has 5 aliphatic rings. The molecule has 6 rings (SSSR count). The van der Waals surface area contributed by atoms with Crippen LogP contribution in [0.3, 0.4) is 0 Å². The highest BCUT2D eigenvalue weighted by molar-refractivity contribution is 6.01. The van der Waals surface area contributed by atoms with Crippen LogP contribution in [0.5, 0.6) is 0 Å². The van der Waals surface area contributed by atoms with Crippen molar-refractivity contribution >= 4 is 17.7 Å². The van der Waals surface area contributed by atoms with Gasteiger partial charge in [-0.2, -0.15) is 13.2 Å². The lowest BCUT2D eigenvalue weighted by Gasteiger charge is -2.74. The van der Waals surface area contributed by atoms with Crippen molar-refractivity contribution in [1.82, 2.24) is 5.32 Å². The lowest BCUT2D eigenvalue weighted by atomic mass is 9.31. The minimum absolute atomic E-state index is 0.0327. The molecule has 4 saturated carbocycles. The number of nitrogens with one attached hydrogen (secondary N) is 1. The monoisotopic (exact) mass is 786 g/mol. The molecule has 0 saturated heterocycles. The average molecular weight is 787 g/mol. The molecule has 5 N–H and O–H groups in total. The summed E-state index contributed by atoms with van der Waals surface area (Å²) in [6.07, 6.45) is 0.476. The maximum Gasteiger partial charge on any atom is 0.416 e. The molecule has 0 heterocycles. The van der Waals surface area contributed by atoms with Gasteiger partial charge in [0, 0.05) is 35.9 Å². The number of esters is 1. The Morgan fingerprint density at radius 3 is 2.27 bits per heavy atom. The standard InChI is InChI=1S/C45H65F3N2O6/c1-26(2)35-29(51)22-43(32(52)25-50-24-27-11-10-12-28(21-27)45(46,47)48)20-19-42(9)41(8)17-13-30-39(5,6)33(56-34(53)23-38(3,4)37(54)55)15-16-40(30,7)31(41)14-18-44(42,49)36(35)43/h10-12,21,26,30-33,50,52H,13-20,22-25,49H2,1-9H3,(H,54,55)/t30-,31+,32-,33-,40-,41+,42-,43?,44-/m0/s1. The lowest BCUT2D eigenvalue weighted by Crippen LogP contribution is -2.74. The van der Waals surface area contributed by atoms with E-state index < -0.39 is 51.6 Å². The van der Waals surface area contributed by atoms with E-state index in [4.69, 9.17) is 10.5 Å².